The quantitative estimate of drug-likeness (QED) is 0.724. The average Bonchev–Trinajstić information content (AvgIpc) is 2.92. The van der Waals surface area contributed by atoms with Crippen LogP contribution in [0, 0.1) is 5.92 Å². The fourth-order valence-corrected chi connectivity index (χ4v) is 4.92. The molecule has 3 rings (SSSR count). The third-order valence-electron chi connectivity index (χ3n) is 6.58. The van der Waals surface area contributed by atoms with E-state index in [1.807, 2.05) is 9.80 Å². The maximum Gasteiger partial charge on any atom is 0.401 e. The molecule has 9 heteroatoms. The van der Waals surface area contributed by atoms with E-state index in [-0.39, 0.29) is 30.3 Å². The van der Waals surface area contributed by atoms with E-state index in [1.165, 1.54) is 11.3 Å². The molecule has 0 spiro atoms. The number of hydrogen-bond donors (Lipinski definition) is 1. The van der Waals surface area contributed by atoms with Crippen molar-refractivity contribution < 1.29 is 22.8 Å². The van der Waals surface area contributed by atoms with Crippen molar-refractivity contribution in [3.05, 3.63) is 0 Å². The van der Waals surface area contributed by atoms with Gasteiger partial charge in [-0.2, -0.15) is 13.2 Å². The van der Waals surface area contributed by atoms with Crippen LogP contribution in [-0.4, -0.2) is 91.1 Å². The molecule has 2 aliphatic heterocycles. The molecule has 172 valence electrons. The molecule has 0 radical (unpaired) electrons. The maximum absolute atomic E-state index is 12.6. The van der Waals surface area contributed by atoms with Crippen molar-refractivity contribution in [1.82, 2.24) is 20.0 Å². The second kappa shape index (κ2) is 10.8. The van der Waals surface area contributed by atoms with Gasteiger partial charge in [-0.25, -0.2) is 0 Å². The predicted molar refractivity (Wildman–Crippen MR) is 108 cm³/mol. The summed E-state index contributed by atoms with van der Waals surface area (Å²) in [6.07, 6.45) is 3.52. The van der Waals surface area contributed by atoms with Gasteiger partial charge in [-0.3, -0.25) is 19.4 Å². The van der Waals surface area contributed by atoms with E-state index in [0.29, 0.717) is 45.7 Å². The molecule has 0 bridgehead atoms. The monoisotopic (exact) mass is 432 g/mol. The van der Waals surface area contributed by atoms with Gasteiger partial charge in [0, 0.05) is 38.1 Å². The van der Waals surface area contributed by atoms with Crippen molar-refractivity contribution >= 4 is 11.8 Å². The summed E-state index contributed by atoms with van der Waals surface area (Å²) in [6.45, 7) is 2.56. The van der Waals surface area contributed by atoms with Gasteiger partial charge < -0.3 is 10.2 Å². The van der Waals surface area contributed by atoms with Crippen molar-refractivity contribution in [3.8, 4) is 0 Å². The van der Waals surface area contributed by atoms with Crippen LogP contribution in [-0.2, 0) is 9.59 Å². The molecule has 0 atom stereocenters. The van der Waals surface area contributed by atoms with Gasteiger partial charge >= 0.3 is 6.18 Å². The number of alkyl halides is 3. The Kier molecular flexibility index (Phi) is 8.39. The van der Waals surface area contributed by atoms with E-state index in [9.17, 15) is 22.8 Å². The molecule has 6 nitrogen and oxygen atoms in total. The highest BCUT2D eigenvalue weighted by Gasteiger charge is 2.32. The van der Waals surface area contributed by atoms with Gasteiger partial charge in [0.25, 0.3) is 0 Å². The van der Waals surface area contributed by atoms with Crippen molar-refractivity contribution in [2.75, 3.05) is 52.4 Å². The summed E-state index contributed by atoms with van der Waals surface area (Å²) < 4.78 is 37.7. The van der Waals surface area contributed by atoms with E-state index < -0.39 is 12.7 Å². The number of carbonyl (C=O) groups excluding carboxylic acids is 2. The molecule has 3 aliphatic rings. The van der Waals surface area contributed by atoms with E-state index in [4.69, 9.17) is 0 Å². The Morgan fingerprint density at radius 2 is 1.43 bits per heavy atom. The Hall–Kier alpha value is -1.35. The Morgan fingerprint density at radius 1 is 0.800 bits per heavy atom. The summed E-state index contributed by atoms with van der Waals surface area (Å²) in [4.78, 5) is 30.4. The zero-order valence-corrected chi connectivity index (χ0v) is 17.8. The molecule has 1 N–H and O–H groups in total. The summed E-state index contributed by atoms with van der Waals surface area (Å²) in [7, 11) is 0. The molecule has 30 heavy (non-hydrogen) atoms. The Balaban J connectivity index is 1.35. The fourth-order valence-electron chi connectivity index (χ4n) is 4.92. The lowest BCUT2D eigenvalue weighted by Crippen LogP contribution is -2.50. The minimum absolute atomic E-state index is 0.0709. The lowest BCUT2D eigenvalue weighted by Gasteiger charge is -2.35. The number of hydrogen-bond acceptors (Lipinski definition) is 4. The summed E-state index contributed by atoms with van der Waals surface area (Å²) in [5.74, 6) is 0.397. The zero-order valence-electron chi connectivity index (χ0n) is 17.8. The summed E-state index contributed by atoms with van der Waals surface area (Å²) in [5, 5.41) is 3.06. The van der Waals surface area contributed by atoms with Gasteiger partial charge in [-0.1, -0.05) is 19.3 Å². The smallest absolute Gasteiger partial charge is 0.352 e. The van der Waals surface area contributed by atoms with Crippen molar-refractivity contribution in [3.63, 3.8) is 0 Å². The van der Waals surface area contributed by atoms with Gasteiger partial charge in [0.15, 0.2) is 0 Å². The minimum atomic E-state index is -4.18. The number of nitrogens with zero attached hydrogens (tertiary/aromatic N) is 3. The first-order valence-corrected chi connectivity index (χ1v) is 11.4. The molecular weight excluding hydrogens is 397 g/mol. The van der Waals surface area contributed by atoms with Crippen LogP contribution in [0.5, 0.6) is 0 Å². The highest BCUT2D eigenvalue weighted by Crippen LogP contribution is 2.26. The van der Waals surface area contributed by atoms with Gasteiger partial charge in [-0.05, 0) is 45.2 Å². The molecule has 2 saturated heterocycles. The van der Waals surface area contributed by atoms with Gasteiger partial charge in [0.05, 0.1) is 13.1 Å². The van der Waals surface area contributed by atoms with Crippen molar-refractivity contribution in [1.29, 1.82) is 0 Å². The number of likely N-dealkylation sites (tertiary alicyclic amines) is 1. The largest absolute Gasteiger partial charge is 0.401 e. The average molecular weight is 433 g/mol. The highest BCUT2D eigenvalue weighted by molar-refractivity contribution is 5.79. The Labute approximate surface area is 177 Å². The first-order valence-electron chi connectivity index (χ1n) is 11.4. The van der Waals surface area contributed by atoms with Crippen LogP contribution in [0.2, 0.25) is 0 Å². The molecule has 2 heterocycles. The number of piperidine rings is 1. The molecule has 0 aromatic heterocycles. The highest BCUT2D eigenvalue weighted by atomic mass is 19.4. The molecular formula is C21H35F3N4O2. The molecule has 0 aromatic carbocycles. The second-order valence-corrected chi connectivity index (χ2v) is 9.02. The third-order valence-corrected chi connectivity index (χ3v) is 6.58. The first kappa shape index (κ1) is 23.3. The Bertz CT molecular complexity index is 573. The lowest BCUT2D eigenvalue weighted by molar-refractivity contribution is -0.145. The third kappa shape index (κ3) is 7.41. The van der Waals surface area contributed by atoms with Gasteiger partial charge in [-0.15, -0.1) is 0 Å². The van der Waals surface area contributed by atoms with Crippen LogP contribution < -0.4 is 5.32 Å². The fraction of sp³-hybridized carbons (Fsp3) is 0.905. The lowest BCUT2D eigenvalue weighted by atomic mass is 9.87. The van der Waals surface area contributed by atoms with Crippen LogP contribution in [0.4, 0.5) is 13.2 Å². The summed E-state index contributed by atoms with van der Waals surface area (Å²) in [5.41, 5.74) is 0. The SMILES string of the molecule is O=C(CN1CCCN(CC(F)(F)F)CC1)NC1CCN(C(=O)C2CCCCC2)CC1. The number of nitrogens with one attached hydrogen (secondary N) is 1. The molecule has 1 aliphatic carbocycles. The summed E-state index contributed by atoms with van der Waals surface area (Å²) in [6, 6.07) is 0.0709. The van der Waals surface area contributed by atoms with Crippen LogP contribution in [0.3, 0.4) is 0 Å². The maximum atomic E-state index is 12.6. The van der Waals surface area contributed by atoms with Crippen LogP contribution in [0.15, 0.2) is 0 Å². The second-order valence-electron chi connectivity index (χ2n) is 9.02. The van der Waals surface area contributed by atoms with Crippen LogP contribution in [0.1, 0.15) is 51.4 Å². The van der Waals surface area contributed by atoms with Crippen LogP contribution >= 0.6 is 0 Å². The van der Waals surface area contributed by atoms with Crippen molar-refractivity contribution in [2.45, 2.75) is 63.6 Å². The van der Waals surface area contributed by atoms with E-state index in [2.05, 4.69) is 5.32 Å². The van der Waals surface area contributed by atoms with Crippen molar-refractivity contribution in [2.24, 2.45) is 5.92 Å². The van der Waals surface area contributed by atoms with E-state index in [0.717, 1.165) is 38.5 Å². The molecule has 3 fully saturated rings. The molecule has 0 unspecified atom stereocenters. The van der Waals surface area contributed by atoms with Crippen LogP contribution in [0.25, 0.3) is 0 Å². The normalized spacial score (nSPS) is 23.9. The standard InChI is InChI=1S/C21H35F3N4O2/c22-21(23,24)16-27-10-4-9-26(13-14-27)15-19(29)25-18-7-11-28(12-8-18)20(30)17-5-2-1-3-6-17/h17-18H,1-16H2,(H,25,29). The predicted octanol–water partition coefficient (Wildman–Crippen LogP) is 2.24. The summed E-state index contributed by atoms with van der Waals surface area (Å²) >= 11 is 0. The zero-order chi connectivity index (χ0) is 21.6. The van der Waals surface area contributed by atoms with E-state index >= 15 is 0 Å². The Morgan fingerprint density at radius 3 is 2.10 bits per heavy atom. The number of halogens is 3. The molecule has 1 saturated carbocycles. The topological polar surface area (TPSA) is 55.9 Å². The molecule has 2 amide bonds. The number of rotatable bonds is 5. The number of carbonyl (C=O) groups is 2. The van der Waals surface area contributed by atoms with Gasteiger partial charge in [0.2, 0.25) is 11.8 Å². The van der Waals surface area contributed by atoms with Gasteiger partial charge in [0.1, 0.15) is 0 Å². The van der Waals surface area contributed by atoms with E-state index in [1.54, 1.807) is 0 Å². The minimum Gasteiger partial charge on any atom is -0.352 e. The number of amides is 2. The molecule has 0 aromatic rings. The first-order chi connectivity index (χ1) is 14.3.